The summed E-state index contributed by atoms with van der Waals surface area (Å²) in [6.45, 7) is 4.74. The number of carbonyl (C=O) groups is 1. The molecule has 22 heavy (non-hydrogen) atoms. The van der Waals surface area contributed by atoms with Gasteiger partial charge in [0.05, 0.1) is 6.10 Å². The van der Waals surface area contributed by atoms with Gasteiger partial charge in [0.2, 0.25) is 0 Å². The molecule has 2 rings (SSSR count). The highest BCUT2D eigenvalue weighted by Gasteiger charge is 2.23. The zero-order valence-corrected chi connectivity index (χ0v) is 14.2. The summed E-state index contributed by atoms with van der Waals surface area (Å²) < 4.78 is 0. The van der Waals surface area contributed by atoms with Gasteiger partial charge >= 0.3 is 6.03 Å². The van der Waals surface area contributed by atoms with Gasteiger partial charge in [-0.3, -0.25) is 0 Å². The molecule has 1 saturated carbocycles. The summed E-state index contributed by atoms with van der Waals surface area (Å²) in [4.78, 5) is 13.1. The Hall–Kier alpha value is -1.20. The van der Waals surface area contributed by atoms with Crippen molar-refractivity contribution in [1.29, 1.82) is 0 Å². The molecular weight excluding hydrogens is 296 g/mol. The molecule has 2 amide bonds. The number of benzene rings is 1. The van der Waals surface area contributed by atoms with E-state index in [1.807, 2.05) is 6.92 Å². The van der Waals surface area contributed by atoms with E-state index in [1.165, 1.54) is 10.5 Å². The number of aliphatic hydroxyl groups is 1. The fourth-order valence-corrected chi connectivity index (χ4v) is 3.50. The average molecular weight is 322 g/mol. The molecule has 0 radical (unpaired) electrons. The minimum absolute atomic E-state index is 0.112. The number of hydrogen-bond acceptors (Lipinski definition) is 3. The topological polar surface area (TPSA) is 61.4 Å². The number of rotatable bonds is 6. The maximum Gasteiger partial charge on any atom is 0.315 e. The number of carbonyl (C=O) groups excluding carboxylic acids is 1. The third-order valence-electron chi connectivity index (χ3n) is 3.96. The molecule has 1 aliphatic carbocycles. The van der Waals surface area contributed by atoms with Crippen molar-refractivity contribution in [2.75, 3.05) is 12.3 Å². The van der Waals surface area contributed by atoms with Gasteiger partial charge < -0.3 is 15.7 Å². The lowest BCUT2D eigenvalue weighted by Gasteiger charge is -2.16. The predicted molar refractivity (Wildman–Crippen MR) is 91.2 cm³/mol. The van der Waals surface area contributed by atoms with Crippen LogP contribution < -0.4 is 10.6 Å². The van der Waals surface area contributed by atoms with Gasteiger partial charge in [-0.05, 0) is 51.2 Å². The lowest BCUT2D eigenvalue weighted by atomic mass is 10.1. The monoisotopic (exact) mass is 322 g/mol. The molecule has 4 nitrogen and oxygen atoms in total. The molecule has 1 fully saturated rings. The van der Waals surface area contributed by atoms with E-state index < -0.39 is 0 Å². The van der Waals surface area contributed by atoms with E-state index in [1.54, 1.807) is 11.8 Å². The summed E-state index contributed by atoms with van der Waals surface area (Å²) in [6.07, 6.45) is 2.48. The fraction of sp³-hybridized carbons (Fsp3) is 0.588. The van der Waals surface area contributed by atoms with Crippen LogP contribution in [-0.4, -0.2) is 35.6 Å². The smallest absolute Gasteiger partial charge is 0.315 e. The first-order valence-corrected chi connectivity index (χ1v) is 8.93. The Morgan fingerprint density at radius 2 is 2.09 bits per heavy atom. The van der Waals surface area contributed by atoms with E-state index in [9.17, 15) is 9.90 Å². The molecule has 3 N–H and O–H groups in total. The van der Waals surface area contributed by atoms with Crippen LogP contribution in [0.1, 0.15) is 31.7 Å². The minimum atomic E-state index is -0.181. The first-order chi connectivity index (χ1) is 10.5. The molecule has 0 aliphatic heterocycles. The van der Waals surface area contributed by atoms with E-state index in [0.29, 0.717) is 12.5 Å². The number of amides is 2. The van der Waals surface area contributed by atoms with E-state index in [0.717, 1.165) is 25.0 Å². The van der Waals surface area contributed by atoms with Crippen molar-refractivity contribution in [3.8, 4) is 0 Å². The Bertz CT molecular complexity index is 478. The Balaban J connectivity index is 1.62. The molecule has 5 heteroatoms. The van der Waals surface area contributed by atoms with Crippen LogP contribution in [0.25, 0.3) is 0 Å². The van der Waals surface area contributed by atoms with Gasteiger partial charge in [-0.25, -0.2) is 4.79 Å². The number of aliphatic hydroxyl groups excluding tert-OH is 1. The predicted octanol–water partition coefficient (Wildman–Crippen LogP) is 2.94. The van der Waals surface area contributed by atoms with Crippen molar-refractivity contribution < 1.29 is 9.90 Å². The number of thioether (sulfide) groups is 1. The van der Waals surface area contributed by atoms with Crippen LogP contribution in [0.2, 0.25) is 0 Å². The quantitative estimate of drug-likeness (QED) is 0.706. The van der Waals surface area contributed by atoms with Crippen molar-refractivity contribution in [2.45, 2.75) is 50.2 Å². The second-order valence-electron chi connectivity index (χ2n) is 6.21. The number of hydrogen-bond donors (Lipinski definition) is 3. The maximum atomic E-state index is 11.9. The largest absolute Gasteiger partial charge is 0.393 e. The fourth-order valence-electron chi connectivity index (χ4n) is 2.64. The van der Waals surface area contributed by atoms with Gasteiger partial charge in [0.1, 0.15) is 0 Å². The van der Waals surface area contributed by atoms with Gasteiger partial charge in [0.15, 0.2) is 0 Å². The normalized spacial score (nSPS) is 22.3. The Labute approximate surface area is 137 Å². The van der Waals surface area contributed by atoms with Crippen LogP contribution in [0.4, 0.5) is 4.79 Å². The summed E-state index contributed by atoms with van der Waals surface area (Å²) >= 11 is 1.75. The molecule has 0 aromatic heterocycles. The van der Waals surface area contributed by atoms with Crippen molar-refractivity contribution in [3.63, 3.8) is 0 Å². The van der Waals surface area contributed by atoms with Crippen molar-refractivity contribution >= 4 is 17.8 Å². The zero-order valence-electron chi connectivity index (χ0n) is 13.3. The summed E-state index contributed by atoms with van der Waals surface area (Å²) in [5.74, 6) is 1.26. The van der Waals surface area contributed by atoms with Crippen LogP contribution in [0.5, 0.6) is 0 Å². The minimum Gasteiger partial charge on any atom is -0.393 e. The van der Waals surface area contributed by atoms with Gasteiger partial charge in [-0.2, -0.15) is 0 Å². The molecular formula is C17H26N2O2S. The van der Waals surface area contributed by atoms with Gasteiger partial charge in [-0.15, -0.1) is 11.8 Å². The standard InChI is InChI=1S/C17H26N2O2S/c1-12-3-7-16(8-4-12)22-11-13(2)19-17(21)18-10-14-5-6-15(20)9-14/h3-4,7-8,13-15,20H,5-6,9-11H2,1-2H3,(H2,18,19,21)/t13-,14-,15+/m0/s1. The summed E-state index contributed by atoms with van der Waals surface area (Å²) in [7, 11) is 0. The molecule has 1 aromatic rings. The highest BCUT2D eigenvalue weighted by molar-refractivity contribution is 7.99. The van der Waals surface area contributed by atoms with Crippen LogP contribution in [0.15, 0.2) is 29.2 Å². The summed E-state index contributed by atoms with van der Waals surface area (Å²) in [5.41, 5.74) is 1.26. The second kappa shape index (κ2) is 8.44. The Morgan fingerprint density at radius 1 is 1.36 bits per heavy atom. The molecule has 1 aromatic carbocycles. The van der Waals surface area contributed by atoms with Gasteiger partial charge in [-0.1, -0.05) is 17.7 Å². The van der Waals surface area contributed by atoms with Gasteiger partial charge in [0, 0.05) is 23.2 Å². The van der Waals surface area contributed by atoms with Gasteiger partial charge in [0.25, 0.3) is 0 Å². The number of aryl methyl sites for hydroxylation is 1. The first-order valence-electron chi connectivity index (χ1n) is 7.95. The third kappa shape index (κ3) is 5.89. The molecule has 122 valence electrons. The van der Waals surface area contributed by atoms with E-state index in [4.69, 9.17) is 0 Å². The Morgan fingerprint density at radius 3 is 2.73 bits per heavy atom. The van der Waals surface area contributed by atoms with Crippen molar-refractivity contribution in [3.05, 3.63) is 29.8 Å². The number of nitrogens with one attached hydrogen (secondary N) is 2. The highest BCUT2D eigenvalue weighted by Crippen LogP contribution is 2.24. The molecule has 0 saturated heterocycles. The van der Waals surface area contributed by atoms with E-state index >= 15 is 0 Å². The highest BCUT2D eigenvalue weighted by atomic mass is 32.2. The van der Waals surface area contributed by atoms with Crippen molar-refractivity contribution in [2.24, 2.45) is 5.92 Å². The van der Waals surface area contributed by atoms with E-state index in [2.05, 4.69) is 41.8 Å². The lowest BCUT2D eigenvalue weighted by molar-refractivity contribution is 0.177. The maximum absolute atomic E-state index is 11.9. The number of urea groups is 1. The lowest BCUT2D eigenvalue weighted by Crippen LogP contribution is -2.43. The van der Waals surface area contributed by atoms with Crippen molar-refractivity contribution in [1.82, 2.24) is 10.6 Å². The Kier molecular flexibility index (Phi) is 6.58. The molecule has 0 unspecified atom stereocenters. The third-order valence-corrected chi connectivity index (χ3v) is 5.24. The molecule has 3 atom stereocenters. The SMILES string of the molecule is Cc1ccc(SC[C@H](C)NC(=O)NC[C@H]2CC[C@@H](O)C2)cc1. The van der Waals surface area contributed by atoms with Crippen LogP contribution in [-0.2, 0) is 0 Å². The second-order valence-corrected chi connectivity index (χ2v) is 7.31. The molecule has 1 aliphatic rings. The van der Waals surface area contributed by atoms with Crippen LogP contribution in [0, 0.1) is 12.8 Å². The zero-order chi connectivity index (χ0) is 15.9. The van der Waals surface area contributed by atoms with E-state index in [-0.39, 0.29) is 18.2 Å². The molecule has 0 heterocycles. The summed E-state index contributed by atoms with van der Waals surface area (Å²) in [6, 6.07) is 8.42. The van der Waals surface area contributed by atoms with Crippen LogP contribution >= 0.6 is 11.8 Å². The molecule has 0 spiro atoms. The average Bonchev–Trinajstić information content (AvgIpc) is 2.90. The molecule has 0 bridgehead atoms. The van der Waals surface area contributed by atoms with Crippen LogP contribution in [0.3, 0.4) is 0 Å². The summed E-state index contributed by atoms with van der Waals surface area (Å²) in [5, 5.41) is 15.3. The first kappa shape index (κ1) is 17.2.